The standard InChI is InChI=1S/C54H37N3O/c1-54(2)46-23-13-12-21-43(46)44-27-25-37(32-47(44)54)51-55-52(38-26-28-45-49(33-38)58-48-24-14-22-42(50(45)48)36-19-10-5-11-20-36)57-53(56-51)41-30-39(34-15-6-3-7-16-34)29-40(31-41)35-17-8-4-9-18-35/h3-33H,1-2H3. The molecule has 0 bridgehead atoms. The molecule has 0 aliphatic heterocycles. The van der Waals surface area contributed by atoms with Gasteiger partial charge in [0.15, 0.2) is 17.5 Å². The monoisotopic (exact) mass is 743 g/mol. The SMILES string of the molecule is CC1(C)c2ccccc2-c2ccc(-c3nc(-c4cc(-c5ccccc5)cc(-c5ccccc5)c4)nc(-c4ccc5c(c4)oc4cccc(-c6ccccc6)c45)n3)cc21. The highest BCUT2D eigenvalue weighted by atomic mass is 16.3. The Hall–Kier alpha value is -7.43. The summed E-state index contributed by atoms with van der Waals surface area (Å²) < 4.78 is 6.57. The average Bonchev–Trinajstić information content (AvgIpc) is 3.78. The van der Waals surface area contributed by atoms with E-state index in [4.69, 9.17) is 19.4 Å². The first-order chi connectivity index (χ1) is 28.5. The van der Waals surface area contributed by atoms with Crippen LogP contribution in [0.25, 0.3) is 101 Å². The van der Waals surface area contributed by atoms with E-state index < -0.39 is 0 Å². The third-order valence-corrected chi connectivity index (χ3v) is 11.7. The lowest BCUT2D eigenvalue weighted by molar-refractivity contribution is 0.660. The largest absolute Gasteiger partial charge is 0.456 e. The molecule has 0 fully saturated rings. The summed E-state index contributed by atoms with van der Waals surface area (Å²) in [4.78, 5) is 15.8. The number of furan rings is 1. The van der Waals surface area contributed by atoms with Crippen molar-refractivity contribution in [3.63, 3.8) is 0 Å². The minimum absolute atomic E-state index is 0.167. The molecule has 8 aromatic carbocycles. The van der Waals surface area contributed by atoms with Crippen molar-refractivity contribution in [3.8, 4) is 78.7 Å². The van der Waals surface area contributed by atoms with Crippen LogP contribution in [0.4, 0.5) is 0 Å². The minimum atomic E-state index is -0.167. The fraction of sp³-hybridized carbons (Fsp3) is 0.0556. The Morgan fingerprint density at radius 2 is 0.862 bits per heavy atom. The number of fused-ring (bicyclic) bond motifs is 6. The number of rotatable bonds is 6. The van der Waals surface area contributed by atoms with Gasteiger partial charge in [0.1, 0.15) is 11.2 Å². The van der Waals surface area contributed by atoms with Gasteiger partial charge in [-0.1, -0.05) is 159 Å². The van der Waals surface area contributed by atoms with Crippen molar-refractivity contribution in [3.05, 3.63) is 199 Å². The molecule has 4 heteroatoms. The first kappa shape index (κ1) is 33.9. The van der Waals surface area contributed by atoms with Gasteiger partial charge in [-0.3, -0.25) is 0 Å². The Labute approximate surface area is 337 Å². The number of hydrogen-bond acceptors (Lipinski definition) is 4. The Morgan fingerprint density at radius 1 is 0.345 bits per heavy atom. The van der Waals surface area contributed by atoms with Gasteiger partial charge in [-0.05, 0) is 98.1 Å². The van der Waals surface area contributed by atoms with Crippen molar-refractivity contribution in [2.24, 2.45) is 0 Å². The van der Waals surface area contributed by atoms with Crippen molar-refractivity contribution in [1.82, 2.24) is 15.0 Å². The van der Waals surface area contributed by atoms with Crippen molar-refractivity contribution < 1.29 is 4.42 Å². The summed E-state index contributed by atoms with van der Waals surface area (Å²) in [5.74, 6) is 1.81. The molecule has 0 spiro atoms. The van der Waals surface area contributed by atoms with Gasteiger partial charge < -0.3 is 4.42 Å². The normalized spacial score (nSPS) is 12.8. The van der Waals surface area contributed by atoms with E-state index in [9.17, 15) is 0 Å². The second kappa shape index (κ2) is 13.4. The molecule has 58 heavy (non-hydrogen) atoms. The Bertz CT molecular complexity index is 3130. The van der Waals surface area contributed by atoms with Crippen molar-refractivity contribution in [2.45, 2.75) is 19.3 Å². The molecule has 1 aliphatic rings. The molecule has 0 atom stereocenters. The number of aromatic nitrogens is 3. The quantitative estimate of drug-likeness (QED) is 0.170. The van der Waals surface area contributed by atoms with Crippen LogP contribution < -0.4 is 0 Å². The van der Waals surface area contributed by atoms with E-state index >= 15 is 0 Å². The molecule has 2 heterocycles. The average molecular weight is 744 g/mol. The second-order valence-corrected chi connectivity index (χ2v) is 15.6. The van der Waals surface area contributed by atoms with Crippen LogP contribution in [0.2, 0.25) is 0 Å². The molecular formula is C54H37N3O. The van der Waals surface area contributed by atoms with Gasteiger partial charge in [0.05, 0.1) is 0 Å². The number of hydrogen-bond donors (Lipinski definition) is 0. The molecule has 0 radical (unpaired) electrons. The van der Waals surface area contributed by atoms with Crippen LogP contribution in [0.3, 0.4) is 0 Å². The molecule has 274 valence electrons. The summed E-state index contributed by atoms with van der Waals surface area (Å²) in [7, 11) is 0. The molecule has 0 unspecified atom stereocenters. The van der Waals surface area contributed by atoms with Gasteiger partial charge in [-0.2, -0.15) is 0 Å². The lowest BCUT2D eigenvalue weighted by atomic mass is 9.82. The van der Waals surface area contributed by atoms with E-state index in [1.54, 1.807) is 0 Å². The highest BCUT2D eigenvalue weighted by Gasteiger charge is 2.35. The van der Waals surface area contributed by atoms with Crippen LogP contribution in [0, 0.1) is 0 Å². The molecule has 11 rings (SSSR count). The summed E-state index contributed by atoms with van der Waals surface area (Å²) >= 11 is 0. The lowest BCUT2D eigenvalue weighted by Gasteiger charge is -2.21. The van der Waals surface area contributed by atoms with E-state index in [0.29, 0.717) is 17.5 Å². The maximum absolute atomic E-state index is 6.57. The van der Waals surface area contributed by atoms with Crippen molar-refractivity contribution in [2.75, 3.05) is 0 Å². The predicted octanol–water partition coefficient (Wildman–Crippen LogP) is 14.1. The molecule has 0 saturated carbocycles. The minimum Gasteiger partial charge on any atom is -0.456 e. The summed E-state index contributed by atoms with van der Waals surface area (Å²) in [6.07, 6.45) is 0. The van der Waals surface area contributed by atoms with Crippen molar-refractivity contribution in [1.29, 1.82) is 0 Å². The van der Waals surface area contributed by atoms with Crippen molar-refractivity contribution >= 4 is 21.9 Å². The smallest absolute Gasteiger partial charge is 0.164 e. The van der Waals surface area contributed by atoms with Crippen LogP contribution in [0.15, 0.2) is 192 Å². The Balaban J connectivity index is 1.12. The summed E-state index contributed by atoms with van der Waals surface area (Å²) in [5, 5.41) is 2.15. The van der Waals surface area contributed by atoms with E-state index in [-0.39, 0.29) is 5.41 Å². The summed E-state index contributed by atoms with van der Waals surface area (Å²) in [5.41, 5.74) is 16.1. The second-order valence-electron chi connectivity index (χ2n) is 15.6. The molecule has 4 nitrogen and oxygen atoms in total. The van der Waals surface area contributed by atoms with Gasteiger partial charge in [0.25, 0.3) is 0 Å². The molecule has 1 aliphatic carbocycles. The zero-order chi connectivity index (χ0) is 38.8. The number of benzene rings is 8. The zero-order valence-corrected chi connectivity index (χ0v) is 32.1. The van der Waals surface area contributed by atoms with E-state index in [2.05, 4.69) is 178 Å². The third-order valence-electron chi connectivity index (χ3n) is 11.7. The maximum atomic E-state index is 6.57. The molecule has 0 amide bonds. The fourth-order valence-electron chi connectivity index (χ4n) is 8.78. The maximum Gasteiger partial charge on any atom is 0.164 e. The number of nitrogens with zero attached hydrogens (tertiary/aromatic N) is 3. The van der Waals surface area contributed by atoms with E-state index in [1.165, 1.54) is 22.3 Å². The molecule has 0 saturated heterocycles. The molecule has 2 aromatic heterocycles. The first-order valence-electron chi connectivity index (χ1n) is 19.8. The van der Waals surface area contributed by atoms with Gasteiger partial charge in [0.2, 0.25) is 0 Å². The lowest BCUT2D eigenvalue weighted by Crippen LogP contribution is -2.15. The molecule has 0 N–H and O–H groups in total. The van der Waals surface area contributed by atoms with Crippen LogP contribution in [0.5, 0.6) is 0 Å². The van der Waals surface area contributed by atoms with Gasteiger partial charge >= 0.3 is 0 Å². The molecule has 10 aromatic rings. The van der Waals surface area contributed by atoms with E-state index in [0.717, 1.165) is 72.0 Å². The van der Waals surface area contributed by atoms with Gasteiger partial charge in [-0.25, -0.2) is 15.0 Å². The highest BCUT2D eigenvalue weighted by molar-refractivity contribution is 6.13. The summed E-state index contributed by atoms with van der Waals surface area (Å²) in [6.45, 7) is 4.61. The van der Waals surface area contributed by atoms with Gasteiger partial charge in [0, 0.05) is 32.9 Å². The van der Waals surface area contributed by atoms with Crippen LogP contribution >= 0.6 is 0 Å². The van der Waals surface area contributed by atoms with Crippen LogP contribution in [-0.2, 0) is 5.41 Å². The van der Waals surface area contributed by atoms with Crippen LogP contribution in [-0.4, -0.2) is 15.0 Å². The Kier molecular flexibility index (Phi) is 7.80. The van der Waals surface area contributed by atoms with Gasteiger partial charge in [-0.15, -0.1) is 0 Å². The topological polar surface area (TPSA) is 51.8 Å². The highest BCUT2D eigenvalue weighted by Crippen LogP contribution is 2.49. The Morgan fingerprint density at radius 3 is 1.53 bits per heavy atom. The first-order valence-corrected chi connectivity index (χ1v) is 19.8. The molecular weight excluding hydrogens is 707 g/mol. The fourth-order valence-corrected chi connectivity index (χ4v) is 8.78. The van der Waals surface area contributed by atoms with Crippen LogP contribution in [0.1, 0.15) is 25.0 Å². The summed E-state index contributed by atoms with van der Waals surface area (Å²) in [6, 6.07) is 66.1. The third kappa shape index (κ3) is 5.64. The van der Waals surface area contributed by atoms with E-state index in [1.807, 2.05) is 24.3 Å². The zero-order valence-electron chi connectivity index (χ0n) is 32.1. The predicted molar refractivity (Wildman–Crippen MR) is 237 cm³/mol.